The van der Waals surface area contributed by atoms with Gasteiger partial charge in [-0.25, -0.2) is 0 Å². The topological polar surface area (TPSA) is 75.9 Å². The van der Waals surface area contributed by atoms with Crippen LogP contribution in [0.1, 0.15) is 46.8 Å². The normalized spacial score (nSPS) is 15.2. The van der Waals surface area contributed by atoms with Crippen LogP contribution in [0, 0.1) is 0 Å². The molecule has 0 saturated carbocycles. The molecule has 0 radical (unpaired) electrons. The van der Waals surface area contributed by atoms with Gasteiger partial charge in [-0.15, -0.1) is 10.2 Å². The van der Waals surface area contributed by atoms with Gasteiger partial charge in [-0.2, -0.15) is 0 Å². The summed E-state index contributed by atoms with van der Waals surface area (Å²) in [6.45, 7) is 6.55. The summed E-state index contributed by atoms with van der Waals surface area (Å²) in [5.74, 6) is 2.24. The van der Waals surface area contributed by atoms with Gasteiger partial charge in [0.1, 0.15) is 5.82 Å². The van der Waals surface area contributed by atoms with Crippen LogP contribution in [0.3, 0.4) is 0 Å². The van der Waals surface area contributed by atoms with E-state index in [4.69, 9.17) is 0 Å². The molecule has 1 aromatic carbocycles. The van der Waals surface area contributed by atoms with Crippen LogP contribution in [0.5, 0.6) is 0 Å². The van der Waals surface area contributed by atoms with Crippen molar-refractivity contribution in [3.63, 3.8) is 0 Å². The molecule has 1 aliphatic rings. The van der Waals surface area contributed by atoms with E-state index < -0.39 is 0 Å². The van der Waals surface area contributed by atoms with Gasteiger partial charge in [-0.1, -0.05) is 37.3 Å². The van der Waals surface area contributed by atoms with E-state index in [1.165, 1.54) is 5.56 Å². The number of pyridine rings is 1. The van der Waals surface area contributed by atoms with E-state index in [0.717, 1.165) is 50.7 Å². The number of aromatic nitrogens is 4. The molecule has 156 valence electrons. The van der Waals surface area contributed by atoms with Gasteiger partial charge in [0.25, 0.3) is 5.91 Å². The van der Waals surface area contributed by atoms with E-state index in [1.807, 2.05) is 0 Å². The number of nitrogens with zero attached hydrogens (tertiary/aromatic N) is 5. The lowest BCUT2D eigenvalue weighted by molar-refractivity contribution is 0.0949. The first-order valence-electron chi connectivity index (χ1n) is 10.6. The van der Waals surface area contributed by atoms with E-state index in [2.05, 4.69) is 67.2 Å². The molecule has 3 heterocycles. The first kappa shape index (κ1) is 20.2. The largest absolute Gasteiger partial charge is 0.345 e. The lowest BCUT2D eigenvalue weighted by Gasteiger charge is -2.22. The molecule has 7 heteroatoms. The highest BCUT2D eigenvalue weighted by atomic mass is 16.1. The standard InChI is InChI=1S/C23H28N6O/c1-18(19-5-3-2-4-6-19)9-13-28-14-10-21-26-27-22(29(21)16-15-28)17-25-23(30)20-7-11-24-12-8-20/h2-8,11-12,18H,9-10,13-17H2,1H3,(H,25,30). The zero-order chi connectivity index (χ0) is 20.8. The maximum absolute atomic E-state index is 12.3. The summed E-state index contributed by atoms with van der Waals surface area (Å²) >= 11 is 0. The van der Waals surface area contributed by atoms with Gasteiger partial charge in [0.2, 0.25) is 0 Å². The monoisotopic (exact) mass is 404 g/mol. The number of carbonyl (C=O) groups is 1. The van der Waals surface area contributed by atoms with E-state index in [9.17, 15) is 4.79 Å². The molecule has 0 spiro atoms. The van der Waals surface area contributed by atoms with Crippen molar-refractivity contribution < 1.29 is 4.79 Å². The maximum atomic E-state index is 12.3. The molecule has 1 atom stereocenters. The molecule has 30 heavy (non-hydrogen) atoms. The Kier molecular flexibility index (Phi) is 6.49. The van der Waals surface area contributed by atoms with Crippen LogP contribution in [0.2, 0.25) is 0 Å². The Morgan fingerprint density at radius 2 is 1.87 bits per heavy atom. The van der Waals surface area contributed by atoms with E-state index in [-0.39, 0.29) is 5.91 Å². The summed E-state index contributed by atoms with van der Waals surface area (Å²) in [6, 6.07) is 14.1. The average molecular weight is 405 g/mol. The average Bonchev–Trinajstić information content (AvgIpc) is 3.07. The molecule has 0 saturated heterocycles. The number of benzene rings is 1. The Morgan fingerprint density at radius 1 is 1.07 bits per heavy atom. The summed E-state index contributed by atoms with van der Waals surface area (Å²) in [7, 11) is 0. The molecule has 7 nitrogen and oxygen atoms in total. The highest BCUT2D eigenvalue weighted by Gasteiger charge is 2.19. The highest BCUT2D eigenvalue weighted by Crippen LogP contribution is 2.19. The van der Waals surface area contributed by atoms with Crippen molar-refractivity contribution in [1.82, 2.24) is 30.0 Å². The van der Waals surface area contributed by atoms with Gasteiger partial charge in [0, 0.05) is 44.0 Å². The summed E-state index contributed by atoms with van der Waals surface area (Å²) in [4.78, 5) is 18.7. The van der Waals surface area contributed by atoms with Crippen molar-refractivity contribution in [2.24, 2.45) is 0 Å². The molecule has 1 aliphatic heterocycles. The van der Waals surface area contributed by atoms with Crippen molar-refractivity contribution in [3.05, 3.63) is 77.6 Å². The van der Waals surface area contributed by atoms with Crippen molar-refractivity contribution in [2.45, 2.75) is 38.8 Å². The van der Waals surface area contributed by atoms with Crippen molar-refractivity contribution in [1.29, 1.82) is 0 Å². The van der Waals surface area contributed by atoms with E-state index >= 15 is 0 Å². The fourth-order valence-electron chi connectivity index (χ4n) is 3.87. The molecule has 0 fully saturated rings. The number of nitrogens with one attached hydrogen (secondary N) is 1. The zero-order valence-corrected chi connectivity index (χ0v) is 17.4. The van der Waals surface area contributed by atoms with Crippen LogP contribution in [0.15, 0.2) is 54.9 Å². The highest BCUT2D eigenvalue weighted by molar-refractivity contribution is 5.93. The number of rotatable bonds is 7. The Morgan fingerprint density at radius 3 is 2.67 bits per heavy atom. The molecule has 4 rings (SSSR count). The van der Waals surface area contributed by atoms with Crippen LogP contribution < -0.4 is 5.32 Å². The lowest BCUT2D eigenvalue weighted by atomic mass is 9.98. The van der Waals surface area contributed by atoms with Gasteiger partial charge >= 0.3 is 0 Å². The van der Waals surface area contributed by atoms with Gasteiger partial charge in [-0.3, -0.25) is 9.78 Å². The third kappa shape index (κ3) is 4.91. The van der Waals surface area contributed by atoms with Gasteiger partial charge in [0.15, 0.2) is 5.82 Å². The lowest BCUT2D eigenvalue weighted by Crippen LogP contribution is -2.29. The minimum absolute atomic E-state index is 0.125. The zero-order valence-electron chi connectivity index (χ0n) is 17.4. The number of carbonyl (C=O) groups excluding carboxylic acids is 1. The van der Waals surface area contributed by atoms with Crippen LogP contribution >= 0.6 is 0 Å². The third-order valence-corrected chi connectivity index (χ3v) is 5.79. The fourth-order valence-corrected chi connectivity index (χ4v) is 3.87. The smallest absolute Gasteiger partial charge is 0.251 e. The summed E-state index contributed by atoms with van der Waals surface area (Å²) in [5.41, 5.74) is 2.00. The molecule has 0 bridgehead atoms. The summed E-state index contributed by atoms with van der Waals surface area (Å²) in [6.07, 6.45) is 5.25. The molecule has 3 aromatic rings. The van der Waals surface area contributed by atoms with Gasteiger partial charge in [0.05, 0.1) is 6.54 Å². The summed E-state index contributed by atoms with van der Waals surface area (Å²) in [5, 5.41) is 11.6. The second-order valence-corrected chi connectivity index (χ2v) is 7.79. The molecule has 1 amide bonds. The molecule has 0 aliphatic carbocycles. The Balaban J connectivity index is 1.30. The van der Waals surface area contributed by atoms with Gasteiger partial charge in [-0.05, 0) is 36.6 Å². The number of hydrogen-bond donors (Lipinski definition) is 1. The predicted molar refractivity (Wildman–Crippen MR) is 115 cm³/mol. The van der Waals surface area contributed by atoms with Crippen molar-refractivity contribution in [3.8, 4) is 0 Å². The van der Waals surface area contributed by atoms with Crippen molar-refractivity contribution in [2.75, 3.05) is 19.6 Å². The second-order valence-electron chi connectivity index (χ2n) is 7.79. The Hall–Kier alpha value is -3.06. The third-order valence-electron chi connectivity index (χ3n) is 5.79. The Bertz CT molecular complexity index is 956. The number of hydrogen-bond acceptors (Lipinski definition) is 5. The fraction of sp³-hybridized carbons (Fsp3) is 0.391. The second kappa shape index (κ2) is 9.63. The number of amides is 1. The van der Waals surface area contributed by atoms with Crippen LogP contribution in [-0.4, -0.2) is 50.2 Å². The molecule has 1 unspecified atom stereocenters. The molecular weight excluding hydrogens is 376 g/mol. The maximum Gasteiger partial charge on any atom is 0.251 e. The van der Waals surface area contributed by atoms with Gasteiger partial charge < -0.3 is 14.8 Å². The molecule has 2 aromatic heterocycles. The van der Waals surface area contributed by atoms with E-state index in [0.29, 0.717) is 18.0 Å². The first-order valence-corrected chi connectivity index (χ1v) is 10.6. The predicted octanol–water partition coefficient (Wildman–Crippen LogP) is 2.66. The summed E-state index contributed by atoms with van der Waals surface area (Å²) < 4.78 is 2.16. The van der Waals surface area contributed by atoms with Crippen molar-refractivity contribution >= 4 is 5.91 Å². The number of fused-ring (bicyclic) bond motifs is 1. The SMILES string of the molecule is CC(CCN1CCc2nnc(CNC(=O)c3ccncc3)n2CC1)c1ccccc1. The van der Waals surface area contributed by atoms with Crippen LogP contribution in [0.25, 0.3) is 0 Å². The van der Waals surface area contributed by atoms with E-state index in [1.54, 1.807) is 24.5 Å². The molecular formula is C23H28N6O. The Labute approximate surface area is 177 Å². The minimum atomic E-state index is -0.125. The quantitative estimate of drug-likeness (QED) is 0.655. The first-order chi connectivity index (χ1) is 14.7. The van der Waals surface area contributed by atoms with Crippen LogP contribution in [-0.2, 0) is 19.5 Å². The minimum Gasteiger partial charge on any atom is -0.345 e. The molecule has 1 N–H and O–H groups in total. The van der Waals surface area contributed by atoms with Crippen LogP contribution in [0.4, 0.5) is 0 Å².